The summed E-state index contributed by atoms with van der Waals surface area (Å²) in [5.41, 5.74) is 5.81. The number of hydrogen-bond acceptors (Lipinski definition) is 4. The van der Waals surface area contributed by atoms with Crippen LogP contribution in [-0.2, 0) is 9.53 Å². The fourth-order valence-electron chi connectivity index (χ4n) is 1.52. The Balaban J connectivity index is 2.38. The zero-order valence-corrected chi connectivity index (χ0v) is 7.40. The van der Waals surface area contributed by atoms with Crippen LogP contribution in [0.4, 0.5) is 0 Å². The third-order valence-corrected chi connectivity index (χ3v) is 2.33. The van der Waals surface area contributed by atoms with Crippen molar-refractivity contribution in [1.29, 1.82) is 0 Å². The molecule has 2 atom stereocenters. The molecule has 0 unspecified atom stereocenters. The lowest BCUT2D eigenvalue weighted by molar-refractivity contribution is 0.0412. The number of piperidine rings is 1. The topological polar surface area (TPSA) is 55.6 Å². The lowest BCUT2D eigenvalue weighted by Crippen LogP contribution is -2.52. The second-order valence-electron chi connectivity index (χ2n) is 3.15. The predicted molar refractivity (Wildman–Crippen MR) is 48.9 cm³/mol. The smallest absolute Gasteiger partial charge is 0.281 e. The molecule has 0 saturated carbocycles. The zero-order valence-electron chi connectivity index (χ0n) is 7.40. The quantitative estimate of drug-likeness (QED) is 0.417. The van der Waals surface area contributed by atoms with E-state index in [1.165, 1.54) is 0 Å². The van der Waals surface area contributed by atoms with Gasteiger partial charge in [-0.2, -0.15) is 0 Å². The second-order valence-corrected chi connectivity index (χ2v) is 3.15. The molecule has 0 amide bonds. The van der Waals surface area contributed by atoms with E-state index in [1.807, 2.05) is 0 Å². The average molecular weight is 170 g/mol. The maximum Gasteiger partial charge on any atom is 0.281 e. The molecule has 0 aliphatic carbocycles. The van der Waals surface area contributed by atoms with Crippen LogP contribution in [0.25, 0.3) is 0 Å². The Hall–Kier alpha value is -0.385. The van der Waals surface area contributed by atoms with Gasteiger partial charge < -0.3 is 20.1 Å². The summed E-state index contributed by atoms with van der Waals surface area (Å²) in [5.74, 6) is 0. The van der Waals surface area contributed by atoms with Crippen LogP contribution < -0.4 is 5.73 Å². The Morgan fingerprint density at radius 3 is 3.08 bits per heavy atom. The first-order chi connectivity index (χ1) is 5.77. The van der Waals surface area contributed by atoms with Crippen LogP contribution in [0.5, 0.6) is 0 Å². The van der Waals surface area contributed by atoms with Crippen LogP contribution in [0.2, 0.25) is 0 Å². The largest absolute Gasteiger partial charge is 0.379 e. The third kappa shape index (κ3) is 2.30. The van der Waals surface area contributed by atoms with Crippen molar-refractivity contribution in [2.75, 3.05) is 20.2 Å². The maximum absolute atomic E-state index is 10.2. The highest BCUT2D eigenvalue weighted by molar-refractivity contribution is 6.64. The summed E-state index contributed by atoms with van der Waals surface area (Å²) in [6.07, 6.45) is 1.91. The van der Waals surface area contributed by atoms with Gasteiger partial charge in [-0.3, -0.25) is 0 Å². The van der Waals surface area contributed by atoms with Crippen molar-refractivity contribution in [2.45, 2.75) is 18.6 Å². The Kier molecular flexibility index (Phi) is 3.71. The number of hydrogen-bond donors (Lipinski definition) is 1. The molecule has 4 nitrogen and oxygen atoms in total. The van der Waals surface area contributed by atoms with E-state index in [4.69, 9.17) is 10.5 Å². The Morgan fingerprint density at radius 2 is 2.50 bits per heavy atom. The van der Waals surface area contributed by atoms with E-state index in [2.05, 4.69) is 4.81 Å². The van der Waals surface area contributed by atoms with Crippen molar-refractivity contribution < 1.29 is 9.53 Å². The fraction of sp³-hybridized carbons (Fsp3) is 0.857. The van der Waals surface area contributed by atoms with Crippen molar-refractivity contribution in [2.24, 2.45) is 5.73 Å². The Labute approximate surface area is 73.3 Å². The van der Waals surface area contributed by atoms with Crippen molar-refractivity contribution in [3.05, 3.63) is 0 Å². The molecule has 1 heterocycles. The minimum atomic E-state index is 0.0821. The van der Waals surface area contributed by atoms with Crippen LogP contribution in [0, 0.1) is 0 Å². The molecule has 0 aromatic carbocycles. The van der Waals surface area contributed by atoms with Crippen LogP contribution >= 0.6 is 0 Å². The van der Waals surface area contributed by atoms with Crippen LogP contribution in [0.15, 0.2) is 0 Å². The van der Waals surface area contributed by atoms with Crippen LogP contribution in [-0.4, -0.2) is 50.8 Å². The van der Waals surface area contributed by atoms with Gasteiger partial charge in [-0.1, -0.05) is 0 Å². The molecule has 0 radical (unpaired) electrons. The van der Waals surface area contributed by atoms with Crippen molar-refractivity contribution >= 4 is 13.6 Å². The lowest BCUT2D eigenvalue weighted by atomic mass is 9.89. The molecule has 5 heteroatoms. The summed E-state index contributed by atoms with van der Waals surface area (Å²) >= 11 is 0. The molecule has 0 aromatic rings. The van der Waals surface area contributed by atoms with E-state index in [0.717, 1.165) is 25.7 Å². The number of nitrogens with two attached hydrogens (primary N) is 1. The maximum atomic E-state index is 10.2. The van der Waals surface area contributed by atoms with E-state index in [0.29, 0.717) is 7.41 Å². The standard InChI is InChI=1S/C7H15BN2O2/c1-12-7-4-10(8-5-11)3-2-6(7)9/h5-8H,2-4,9H2,1H3/t6-,7+/m1/s1. The van der Waals surface area contributed by atoms with E-state index in [9.17, 15) is 4.79 Å². The zero-order chi connectivity index (χ0) is 8.97. The van der Waals surface area contributed by atoms with Gasteiger partial charge in [-0.25, -0.2) is 0 Å². The summed E-state index contributed by atoms with van der Waals surface area (Å²) in [5, 5.41) is 0. The molecule has 1 saturated heterocycles. The first kappa shape index (κ1) is 9.70. The van der Waals surface area contributed by atoms with Gasteiger partial charge in [0.15, 0.2) is 0 Å². The molecule has 1 fully saturated rings. The van der Waals surface area contributed by atoms with Gasteiger partial charge in [0.2, 0.25) is 0 Å². The summed E-state index contributed by atoms with van der Waals surface area (Å²) < 4.78 is 5.20. The normalized spacial score (nSPS) is 31.5. The fourth-order valence-corrected chi connectivity index (χ4v) is 1.52. The number of rotatable bonds is 3. The summed E-state index contributed by atoms with van der Waals surface area (Å²) in [6.45, 7) is 1.68. The van der Waals surface area contributed by atoms with Crippen LogP contribution in [0.3, 0.4) is 0 Å². The SMILES string of the molecule is CO[C@H]1CN(BC=O)CC[C@H]1N. The van der Waals surface area contributed by atoms with E-state index >= 15 is 0 Å². The number of nitrogens with zero attached hydrogens (tertiary/aromatic N) is 1. The monoisotopic (exact) mass is 170 g/mol. The number of carbonyl (C=O) groups excluding carboxylic acids is 1. The molecule has 0 aromatic heterocycles. The highest BCUT2D eigenvalue weighted by atomic mass is 16.5. The molecule has 12 heavy (non-hydrogen) atoms. The van der Waals surface area contributed by atoms with Crippen molar-refractivity contribution in [1.82, 2.24) is 4.81 Å². The van der Waals surface area contributed by atoms with Gasteiger partial charge in [0.05, 0.1) is 12.3 Å². The molecule has 0 bridgehead atoms. The van der Waals surface area contributed by atoms with E-state index in [1.54, 1.807) is 7.11 Å². The highest BCUT2D eigenvalue weighted by Gasteiger charge is 2.25. The number of methoxy groups -OCH3 is 1. The van der Waals surface area contributed by atoms with E-state index < -0.39 is 0 Å². The molecule has 68 valence electrons. The Morgan fingerprint density at radius 1 is 1.75 bits per heavy atom. The predicted octanol–water partition coefficient (Wildman–Crippen LogP) is -1.42. The number of ether oxygens (including phenoxy) is 1. The van der Waals surface area contributed by atoms with Gasteiger partial charge in [-0.05, 0) is 13.0 Å². The van der Waals surface area contributed by atoms with Gasteiger partial charge in [0, 0.05) is 19.7 Å². The first-order valence-corrected chi connectivity index (χ1v) is 4.22. The molecule has 1 rings (SSSR count). The molecule has 1 aliphatic rings. The minimum absolute atomic E-state index is 0.0821. The lowest BCUT2D eigenvalue weighted by Gasteiger charge is -2.34. The minimum Gasteiger partial charge on any atom is -0.379 e. The average Bonchev–Trinajstić information content (AvgIpc) is 2.09. The van der Waals surface area contributed by atoms with Crippen molar-refractivity contribution in [3.63, 3.8) is 0 Å². The summed E-state index contributed by atoms with van der Waals surface area (Å²) in [7, 11) is 2.15. The van der Waals surface area contributed by atoms with Gasteiger partial charge in [0.25, 0.3) is 7.41 Å². The van der Waals surface area contributed by atoms with Crippen molar-refractivity contribution in [3.8, 4) is 0 Å². The van der Waals surface area contributed by atoms with Crippen LogP contribution in [0.1, 0.15) is 6.42 Å². The third-order valence-electron chi connectivity index (χ3n) is 2.33. The first-order valence-electron chi connectivity index (χ1n) is 4.22. The van der Waals surface area contributed by atoms with Gasteiger partial charge in [-0.15, -0.1) is 0 Å². The number of carbonyl (C=O) groups is 1. The molecule has 0 spiro atoms. The molecule has 2 N–H and O–H groups in total. The summed E-state index contributed by atoms with van der Waals surface area (Å²) in [4.78, 5) is 12.3. The van der Waals surface area contributed by atoms with Gasteiger partial charge in [0.1, 0.15) is 0 Å². The van der Waals surface area contributed by atoms with Gasteiger partial charge >= 0.3 is 0 Å². The highest BCUT2D eigenvalue weighted by Crippen LogP contribution is 2.09. The second kappa shape index (κ2) is 4.59. The summed E-state index contributed by atoms with van der Waals surface area (Å²) in [6, 6.07) is 0.123. The molecular weight excluding hydrogens is 155 g/mol. The molecular formula is C7H15BN2O2. The van der Waals surface area contributed by atoms with E-state index in [-0.39, 0.29) is 12.1 Å². The Bertz CT molecular complexity index is 156. The molecule has 1 aliphatic heterocycles.